The van der Waals surface area contributed by atoms with E-state index in [1.54, 1.807) is 6.26 Å². The zero-order valence-corrected chi connectivity index (χ0v) is 13.7. The number of hydrogen-bond acceptors (Lipinski definition) is 5. The molecular formula is C13H21Cl2FN4O2. The van der Waals surface area contributed by atoms with Crippen molar-refractivity contribution in [3.8, 4) is 0 Å². The molecular weight excluding hydrogens is 334 g/mol. The molecule has 0 saturated carbocycles. The van der Waals surface area contributed by atoms with Gasteiger partial charge in [0.05, 0.1) is 11.7 Å². The van der Waals surface area contributed by atoms with Gasteiger partial charge in [-0.2, -0.15) is 0 Å². The normalized spacial score (nSPS) is 25.4. The van der Waals surface area contributed by atoms with Crippen LogP contribution in [0.3, 0.4) is 0 Å². The van der Waals surface area contributed by atoms with Crippen molar-refractivity contribution in [3.63, 3.8) is 0 Å². The zero-order valence-electron chi connectivity index (χ0n) is 12.1. The van der Waals surface area contributed by atoms with E-state index in [1.165, 1.54) is 0 Å². The number of amides is 1. The average molecular weight is 355 g/mol. The first kappa shape index (κ1) is 19.2. The first-order valence-electron chi connectivity index (χ1n) is 7.00. The molecule has 2 aliphatic rings. The molecule has 6 nitrogen and oxygen atoms in total. The first-order chi connectivity index (χ1) is 9.72. The highest BCUT2D eigenvalue weighted by Gasteiger charge is 2.33. The van der Waals surface area contributed by atoms with Crippen LogP contribution in [0.25, 0.3) is 0 Å². The van der Waals surface area contributed by atoms with Crippen LogP contribution in [0.5, 0.6) is 0 Å². The van der Waals surface area contributed by atoms with Crippen LogP contribution in [0.1, 0.15) is 12.1 Å². The van der Waals surface area contributed by atoms with Gasteiger partial charge in [0.1, 0.15) is 12.4 Å². The number of alkyl halides is 1. The van der Waals surface area contributed by atoms with Crippen molar-refractivity contribution < 1.29 is 13.7 Å². The Morgan fingerprint density at radius 1 is 1.36 bits per heavy atom. The van der Waals surface area contributed by atoms with Crippen LogP contribution in [-0.2, 0) is 11.3 Å². The Bertz CT molecular complexity index is 455. The highest BCUT2D eigenvalue weighted by atomic mass is 35.5. The molecule has 1 aromatic rings. The molecule has 1 aromatic heterocycles. The molecule has 2 atom stereocenters. The van der Waals surface area contributed by atoms with Crippen molar-refractivity contribution in [1.29, 1.82) is 0 Å². The van der Waals surface area contributed by atoms with E-state index in [1.807, 2.05) is 11.0 Å². The third-order valence-corrected chi connectivity index (χ3v) is 3.94. The number of aromatic nitrogens is 1. The molecule has 3 heterocycles. The summed E-state index contributed by atoms with van der Waals surface area (Å²) >= 11 is 0. The van der Waals surface area contributed by atoms with Crippen LogP contribution >= 0.6 is 24.8 Å². The van der Waals surface area contributed by atoms with E-state index >= 15 is 0 Å². The summed E-state index contributed by atoms with van der Waals surface area (Å²) in [6, 6.07) is 1.51. The standard InChI is InChI=1S/C13H19FN4O2.2ClH/c14-10-7-12(15-8-10)13(19)18-4-2-17(3-5-18)9-11-1-6-20-16-11;;/h1,6,10,12,15H,2-5,7-9H2;2*1H/t10-,12+;;/m0../s1. The van der Waals surface area contributed by atoms with Gasteiger partial charge >= 0.3 is 0 Å². The molecule has 0 aromatic carbocycles. The molecule has 0 radical (unpaired) electrons. The zero-order chi connectivity index (χ0) is 13.9. The lowest BCUT2D eigenvalue weighted by Gasteiger charge is -2.35. The molecule has 2 fully saturated rings. The lowest BCUT2D eigenvalue weighted by molar-refractivity contribution is -0.135. The summed E-state index contributed by atoms with van der Waals surface area (Å²) in [7, 11) is 0. The van der Waals surface area contributed by atoms with Gasteiger partial charge in [0.2, 0.25) is 5.91 Å². The third-order valence-electron chi connectivity index (χ3n) is 3.94. The molecule has 1 amide bonds. The molecule has 3 rings (SSSR count). The van der Waals surface area contributed by atoms with E-state index < -0.39 is 6.17 Å². The van der Waals surface area contributed by atoms with Crippen LogP contribution in [0.4, 0.5) is 4.39 Å². The fraction of sp³-hybridized carbons (Fsp3) is 0.692. The summed E-state index contributed by atoms with van der Waals surface area (Å²) in [5, 5.41) is 6.84. The van der Waals surface area contributed by atoms with Crippen molar-refractivity contribution >= 4 is 30.7 Å². The molecule has 1 N–H and O–H groups in total. The second-order valence-electron chi connectivity index (χ2n) is 5.39. The molecule has 0 unspecified atom stereocenters. The molecule has 22 heavy (non-hydrogen) atoms. The lowest BCUT2D eigenvalue weighted by Crippen LogP contribution is -2.52. The second-order valence-corrected chi connectivity index (χ2v) is 5.39. The van der Waals surface area contributed by atoms with Gasteiger partial charge in [-0.1, -0.05) is 5.16 Å². The van der Waals surface area contributed by atoms with Crippen molar-refractivity contribution in [1.82, 2.24) is 20.3 Å². The summed E-state index contributed by atoms with van der Waals surface area (Å²) in [4.78, 5) is 16.3. The summed E-state index contributed by atoms with van der Waals surface area (Å²) < 4.78 is 17.9. The number of nitrogens with zero attached hydrogens (tertiary/aromatic N) is 3. The summed E-state index contributed by atoms with van der Waals surface area (Å²) in [5.74, 6) is 0.0336. The summed E-state index contributed by atoms with van der Waals surface area (Å²) in [5.41, 5.74) is 0.905. The Morgan fingerprint density at radius 2 is 2.09 bits per heavy atom. The molecule has 0 aliphatic carbocycles. The number of carbonyl (C=O) groups is 1. The Balaban J connectivity index is 0.00000121. The van der Waals surface area contributed by atoms with E-state index in [2.05, 4.69) is 15.4 Å². The van der Waals surface area contributed by atoms with E-state index in [9.17, 15) is 9.18 Å². The fourth-order valence-electron chi connectivity index (χ4n) is 2.78. The van der Waals surface area contributed by atoms with Gasteiger partial charge in [-0.3, -0.25) is 9.69 Å². The smallest absolute Gasteiger partial charge is 0.239 e. The topological polar surface area (TPSA) is 61.6 Å². The first-order valence-corrected chi connectivity index (χ1v) is 7.00. The number of nitrogens with one attached hydrogen (secondary N) is 1. The molecule has 2 saturated heterocycles. The largest absolute Gasteiger partial charge is 0.364 e. The van der Waals surface area contributed by atoms with Gasteiger partial charge < -0.3 is 14.7 Å². The average Bonchev–Trinajstić information content (AvgIpc) is 3.10. The van der Waals surface area contributed by atoms with Crippen LogP contribution in [0, 0.1) is 0 Å². The molecule has 0 spiro atoms. The van der Waals surface area contributed by atoms with Crippen LogP contribution < -0.4 is 5.32 Å². The van der Waals surface area contributed by atoms with Gasteiger partial charge in [0.15, 0.2) is 0 Å². The highest BCUT2D eigenvalue weighted by Crippen LogP contribution is 2.14. The van der Waals surface area contributed by atoms with Gasteiger partial charge in [-0.05, 0) is 0 Å². The van der Waals surface area contributed by atoms with Gasteiger partial charge in [0.25, 0.3) is 0 Å². The fourth-order valence-corrected chi connectivity index (χ4v) is 2.78. The minimum absolute atomic E-state index is 0. The molecule has 2 aliphatic heterocycles. The maximum absolute atomic E-state index is 13.1. The summed E-state index contributed by atoms with van der Waals surface area (Å²) in [6.07, 6.45) is 0.976. The molecule has 9 heteroatoms. The van der Waals surface area contributed by atoms with Crippen molar-refractivity contribution in [3.05, 3.63) is 18.0 Å². The quantitative estimate of drug-likeness (QED) is 0.872. The monoisotopic (exact) mass is 354 g/mol. The van der Waals surface area contributed by atoms with Crippen molar-refractivity contribution in [2.75, 3.05) is 32.7 Å². The number of piperazine rings is 1. The Labute approximate surface area is 141 Å². The van der Waals surface area contributed by atoms with E-state index in [-0.39, 0.29) is 36.8 Å². The predicted molar refractivity (Wildman–Crippen MR) is 84.2 cm³/mol. The lowest BCUT2D eigenvalue weighted by atomic mass is 10.1. The highest BCUT2D eigenvalue weighted by molar-refractivity contribution is 5.85. The second kappa shape index (κ2) is 8.67. The van der Waals surface area contributed by atoms with Crippen molar-refractivity contribution in [2.24, 2.45) is 0 Å². The van der Waals surface area contributed by atoms with Gasteiger partial charge in [-0.15, -0.1) is 24.8 Å². The van der Waals surface area contributed by atoms with E-state index in [4.69, 9.17) is 4.52 Å². The van der Waals surface area contributed by atoms with Crippen LogP contribution in [-0.4, -0.2) is 65.8 Å². The van der Waals surface area contributed by atoms with Crippen LogP contribution in [0.15, 0.2) is 16.9 Å². The van der Waals surface area contributed by atoms with Gasteiger partial charge in [0, 0.05) is 51.8 Å². The van der Waals surface area contributed by atoms with Crippen LogP contribution in [0.2, 0.25) is 0 Å². The minimum atomic E-state index is -0.891. The van der Waals surface area contributed by atoms with E-state index in [0.717, 1.165) is 25.3 Å². The SMILES string of the molecule is Cl.Cl.O=C([C@H]1C[C@H](F)CN1)N1CCN(Cc2ccon2)CC1. The number of halogens is 3. The Morgan fingerprint density at radius 3 is 2.64 bits per heavy atom. The Kier molecular flexibility index (Phi) is 7.55. The molecule has 126 valence electrons. The third kappa shape index (κ3) is 4.55. The number of carbonyl (C=O) groups excluding carboxylic acids is 1. The van der Waals surface area contributed by atoms with E-state index in [0.29, 0.717) is 26.1 Å². The van der Waals surface area contributed by atoms with Gasteiger partial charge in [-0.25, -0.2) is 4.39 Å². The summed E-state index contributed by atoms with van der Waals surface area (Å²) in [6.45, 7) is 4.03. The number of hydrogen-bond donors (Lipinski definition) is 1. The predicted octanol–water partition coefficient (Wildman–Crippen LogP) is 0.862. The Hall–Kier alpha value is -0.890. The maximum atomic E-state index is 13.1. The minimum Gasteiger partial charge on any atom is -0.364 e. The maximum Gasteiger partial charge on any atom is 0.239 e. The number of rotatable bonds is 3. The molecule has 0 bridgehead atoms. The van der Waals surface area contributed by atoms with Crippen molar-refractivity contribution in [2.45, 2.75) is 25.2 Å².